The number of hydrogen-bond donors (Lipinski definition) is 1. The Morgan fingerprint density at radius 3 is 2.69 bits per heavy atom. The van der Waals surface area contributed by atoms with Gasteiger partial charge in [-0.3, -0.25) is 0 Å². The topological polar surface area (TPSA) is 41.6 Å². The number of anilines is 1. The standard InChI is InChI=1S/C47H47N3S/c1-2-39(49-46(48)28-15-4-3-5-16-28)32-21-14-20-31-34-27-38-43-42(45(34)51-44(31)32)33-19-8-12-25-40(33)50(43)41-26-13-11-24-37(41)47(38)35-22-9-6-17-29(35)30-18-7-10-23-36(30)47/h2-6,9,11-13,15-17,21-22,24-27,29-30,33,35-36,40,42,45H,7-8,10,14,18-20,23H2,1H3,(H2,48,49)/b39-2-. The van der Waals surface area contributed by atoms with Gasteiger partial charge in [0.15, 0.2) is 0 Å². The van der Waals surface area contributed by atoms with E-state index in [9.17, 15) is 0 Å². The number of para-hydroxylation sites is 1. The largest absolute Gasteiger partial charge is 0.383 e. The molecule has 2 aromatic carbocycles. The van der Waals surface area contributed by atoms with Crippen LogP contribution in [0.25, 0.3) is 0 Å². The first-order chi connectivity index (χ1) is 25.2. The zero-order valence-electron chi connectivity index (χ0n) is 29.5. The Balaban J connectivity index is 1.12. The third-order valence-electron chi connectivity index (χ3n) is 14.4. The second-order valence-electron chi connectivity index (χ2n) is 16.3. The first-order valence-electron chi connectivity index (χ1n) is 19.7. The summed E-state index contributed by atoms with van der Waals surface area (Å²) in [6, 6.07) is 20.4. The van der Waals surface area contributed by atoms with E-state index in [1.807, 2.05) is 18.2 Å². The number of amidine groups is 1. The van der Waals surface area contributed by atoms with Crippen LogP contribution in [0.15, 0.2) is 153 Å². The molecule has 0 amide bonds. The molecule has 6 aliphatic carbocycles. The molecule has 3 aliphatic heterocycles. The van der Waals surface area contributed by atoms with Gasteiger partial charge in [0, 0.05) is 44.0 Å². The maximum absolute atomic E-state index is 6.67. The Bertz CT molecular complexity index is 2120. The smallest absolute Gasteiger partial charge is 0.131 e. The summed E-state index contributed by atoms with van der Waals surface area (Å²) in [4.78, 5) is 9.44. The van der Waals surface area contributed by atoms with Crippen LogP contribution in [-0.4, -0.2) is 17.1 Å². The molecular formula is C47H47N3S. The Morgan fingerprint density at radius 1 is 0.941 bits per heavy atom. The molecule has 0 radical (unpaired) electrons. The van der Waals surface area contributed by atoms with Crippen LogP contribution in [0.5, 0.6) is 0 Å². The fourth-order valence-electron chi connectivity index (χ4n) is 12.7. The van der Waals surface area contributed by atoms with E-state index >= 15 is 0 Å². The number of allylic oxidation sites excluding steroid dienone is 12. The van der Waals surface area contributed by atoms with Crippen molar-refractivity contribution in [2.75, 3.05) is 4.90 Å². The lowest BCUT2D eigenvalue weighted by Gasteiger charge is -2.52. The molecule has 3 heterocycles. The van der Waals surface area contributed by atoms with Crippen LogP contribution >= 0.6 is 11.8 Å². The fourth-order valence-corrected chi connectivity index (χ4v) is 14.4. The van der Waals surface area contributed by atoms with Crippen molar-refractivity contribution >= 4 is 23.3 Å². The SMILES string of the molecule is C/C=C(\N=C(N)c1ccccc1)C1=CCCC2=C1SC1C2=CC2=C3C1C1CCC=CC1N3c1ccccc1C21C2C=CC=CC2C2CCCCC21. The molecule has 1 spiro atoms. The minimum Gasteiger partial charge on any atom is -0.383 e. The van der Waals surface area contributed by atoms with Crippen molar-refractivity contribution < 1.29 is 0 Å². The Hall–Kier alpha value is -4.02. The summed E-state index contributed by atoms with van der Waals surface area (Å²) in [6.07, 6.45) is 32.6. The predicted molar refractivity (Wildman–Crippen MR) is 212 cm³/mol. The molecule has 0 bridgehead atoms. The zero-order chi connectivity index (χ0) is 33.8. The van der Waals surface area contributed by atoms with Crippen LogP contribution in [0.3, 0.4) is 0 Å². The number of nitrogens with two attached hydrogens (primary N) is 1. The van der Waals surface area contributed by atoms with Gasteiger partial charge in [0.2, 0.25) is 0 Å². The van der Waals surface area contributed by atoms with Crippen molar-refractivity contribution in [3.63, 3.8) is 0 Å². The summed E-state index contributed by atoms with van der Waals surface area (Å²) in [7, 11) is 0. The summed E-state index contributed by atoms with van der Waals surface area (Å²) in [5, 5.41) is 0.441. The van der Waals surface area contributed by atoms with Crippen LogP contribution in [0.1, 0.15) is 69.4 Å². The van der Waals surface area contributed by atoms with Gasteiger partial charge in [0.25, 0.3) is 0 Å². The van der Waals surface area contributed by atoms with Crippen LogP contribution < -0.4 is 10.6 Å². The average Bonchev–Trinajstić information content (AvgIpc) is 3.84. The summed E-state index contributed by atoms with van der Waals surface area (Å²) < 4.78 is 0. The summed E-state index contributed by atoms with van der Waals surface area (Å²) >= 11 is 2.16. The van der Waals surface area contributed by atoms with E-state index in [0.29, 0.717) is 46.7 Å². The van der Waals surface area contributed by atoms with Crippen LogP contribution in [0, 0.1) is 35.5 Å². The first kappa shape index (κ1) is 30.6. The molecule has 9 aliphatic rings. The molecule has 9 unspecified atom stereocenters. The molecule has 0 aromatic heterocycles. The van der Waals surface area contributed by atoms with Crippen LogP contribution in [0.4, 0.5) is 5.69 Å². The predicted octanol–water partition coefficient (Wildman–Crippen LogP) is 10.5. The number of nitrogens with zero attached hydrogens (tertiary/aromatic N) is 2. The molecule has 2 aromatic rings. The maximum Gasteiger partial charge on any atom is 0.131 e. The van der Waals surface area contributed by atoms with Gasteiger partial charge in [-0.05, 0) is 103 Å². The van der Waals surface area contributed by atoms with Gasteiger partial charge in [-0.1, -0.05) is 116 Å². The van der Waals surface area contributed by atoms with Gasteiger partial charge >= 0.3 is 0 Å². The number of benzene rings is 2. The fraction of sp³-hybridized carbons (Fsp3) is 0.383. The molecule has 3 nitrogen and oxygen atoms in total. The molecule has 2 N–H and O–H groups in total. The van der Waals surface area contributed by atoms with Gasteiger partial charge in [-0.15, -0.1) is 11.8 Å². The molecule has 2 saturated carbocycles. The molecule has 256 valence electrons. The van der Waals surface area contributed by atoms with E-state index in [0.717, 1.165) is 30.0 Å². The molecule has 4 heteroatoms. The lowest BCUT2D eigenvalue weighted by atomic mass is 9.55. The minimum absolute atomic E-state index is 0.0110. The van der Waals surface area contributed by atoms with Crippen molar-refractivity contribution in [2.24, 2.45) is 46.2 Å². The zero-order valence-corrected chi connectivity index (χ0v) is 30.4. The quantitative estimate of drug-likeness (QED) is 0.199. The highest BCUT2D eigenvalue weighted by Crippen LogP contribution is 2.72. The molecular weight excluding hydrogens is 639 g/mol. The van der Waals surface area contributed by atoms with E-state index in [4.69, 9.17) is 10.7 Å². The van der Waals surface area contributed by atoms with Crippen molar-refractivity contribution in [3.05, 3.63) is 159 Å². The molecule has 51 heavy (non-hydrogen) atoms. The van der Waals surface area contributed by atoms with Gasteiger partial charge in [0.1, 0.15) is 5.84 Å². The van der Waals surface area contributed by atoms with Crippen molar-refractivity contribution in [1.29, 1.82) is 0 Å². The third-order valence-corrected chi connectivity index (χ3v) is 15.9. The van der Waals surface area contributed by atoms with E-state index in [2.05, 4.69) is 115 Å². The first-order valence-corrected chi connectivity index (χ1v) is 20.6. The molecule has 9 atom stereocenters. The number of fused-ring (bicyclic) bond motifs is 15. The Morgan fingerprint density at radius 2 is 1.78 bits per heavy atom. The Labute approximate surface area is 307 Å². The number of thioether (sulfide) groups is 1. The normalized spacial score (nSPS) is 37.0. The average molecular weight is 686 g/mol. The number of aliphatic imine (C=N–C) groups is 1. The van der Waals surface area contributed by atoms with Gasteiger partial charge in [-0.2, -0.15) is 0 Å². The summed E-state index contributed by atoms with van der Waals surface area (Å²) in [5.41, 5.74) is 19.7. The van der Waals surface area contributed by atoms with Crippen LogP contribution in [-0.2, 0) is 5.41 Å². The Kier molecular flexibility index (Phi) is 6.89. The highest BCUT2D eigenvalue weighted by Gasteiger charge is 2.67. The van der Waals surface area contributed by atoms with E-state index in [1.54, 1.807) is 28.0 Å². The van der Waals surface area contributed by atoms with E-state index in [1.165, 1.54) is 54.7 Å². The highest BCUT2D eigenvalue weighted by molar-refractivity contribution is 8.04. The molecule has 11 rings (SSSR count). The second-order valence-corrected chi connectivity index (χ2v) is 17.5. The van der Waals surface area contributed by atoms with Gasteiger partial charge < -0.3 is 10.6 Å². The minimum atomic E-state index is 0.0110. The van der Waals surface area contributed by atoms with E-state index < -0.39 is 0 Å². The summed E-state index contributed by atoms with van der Waals surface area (Å²) in [5.74, 6) is 4.25. The maximum atomic E-state index is 6.67. The van der Waals surface area contributed by atoms with Crippen molar-refractivity contribution in [3.8, 4) is 0 Å². The van der Waals surface area contributed by atoms with Gasteiger partial charge in [-0.25, -0.2) is 4.99 Å². The molecule has 3 fully saturated rings. The van der Waals surface area contributed by atoms with E-state index in [-0.39, 0.29) is 5.41 Å². The third kappa shape index (κ3) is 4.06. The number of rotatable bonds is 3. The molecule has 1 saturated heterocycles. The monoisotopic (exact) mass is 685 g/mol. The van der Waals surface area contributed by atoms with Gasteiger partial charge in [0.05, 0.1) is 11.7 Å². The van der Waals surface area contributed by atoms with Crippen molar-refractivity contribution in [2.45, 2.75) is 75.0 Å². The lowest BCUT2D eigenvalue weighted by molar-refractivity contribution is 0.204. The lowest BCUT2D eigenvalue weighted by Crippen LogP contribution is -2.48. The second kappa shape index (κ2) is 11.5. The number of hydrogen-bond acceptors (Lipinski definition) is 3. The van der Waals surface area contributed by atoms with Crippen molar-refractivity contribution in [1.82, 2.24) is 0 Å². The summed E-state index contributed by atoms with van der Waals surface area (Å²) in [6.45, 7) is 2.12. The van der Waals surface area contributed by atoms with Crippen LogP contribution in [0.2, 0.25) is 0 Å². The highest BCUT2D eigenvalue weighted by atomic mass is 32.2.